The first kappa shape index (κ1) is 17.8. The number of halogens is 3. The molecule has 1 aliphatic rings. The maximum absolute atomic E-state index is 12.5. The average Bonchev–Trinajstić information content (AvgIpc) is 2.87. The first-order valence-corrected chi connectivity index (χ1v) is 7.69. The zero-order valence-electron chi connectivity index (χ0n) is 13.5. The van der Waals surface area contributed by atoms with E-state index in [-0.39, 0.29) is 37.8 Å². The molecule has 1 aromatic rings. The van der Waals surface area contributed by atoms with Crippen molar-refractivity contribution in [2.45, 2.75) is 44.9 Å². The van der Waals surface area contributed by atoms with Crippen LogP contribution in [-0.4, -0.2) is 51.1 Å². The summed E-state index contributed by atoms with van der Waals surface area (Å²) >= 11 is 0. The van der Waals surface area contributed by atoms with E-state index in [2.05, 4.69) is 5.10 Å². The number of hydrogen-bond donors (Lipinski definition) is 1. The smallest absolute Gasteiger partial charge is 0.383 e. The Labute approximate surface area is 133 Å². The van der Waals surface area contributed by atoms with Gasteiger partial charge in [0.05, 0.1) is 5.69 Å². The van der Waals surface area contributed by atoms with Gasteiger partial charge >= 0.3 is 6.18 Å². The minimum atomic E-state index is -4.61. The van der Waals surface area contributed by atoms with Gasteiger partial charge in [-0.25, -0.2) is 0 Å². The monoisotopic (exact) mass is 333 g/mol. The Morgan fingerprint density at radius 3 is 2.35 bits per heavy atom. The summed E-state index contributed by atoms with van der Waals surface area (Å²) < 4.78 is 39.1. The van der Waals surface area contributed by atoms with Crippen LogP contribution < -0.4 is 0 Å². The topological polar surface area (TPSA) is 58.4 Å². The van der Waals surface area contributed by atoms with E-state index in [1.165, 1.54) is 9.58 Å². The predicted molar refractivity (Wildman–Crippen MR) is 78.0 cm³/mol. The van der Waals surface area contributed by atoms with E-state index in [1.54, 1.807) is 13.1 Å². The quantitative estimate of drug-likeness (QED) is 0.923. The van der Waals surface area contributed by atoms with Crippen LogP contribution in [0.4, 0.5) is 13.2 Å². The van der Waals surface area contributed by atoms with Crippen molar-refractivity contribution >= 4 is 5.91 Å². The molecule has 5 nitrogen and oxygen atoms in total. The molecule has 0 aliphatic carbocycles. The van der Waals surface area contributed by atoms with Crippen molar-refractivity contribution in [2.24, 2.45) is 13.0 Å². The van der Waals surface area contributed by atoms with Crippen molar-refractivity contribution in [3.05, 3.63) is 17.5 Å². The van der Waals surface area contributed by atoms with Gasteiger partial charge in [-0.05, 0) is 30.7 Å². The Bertz CT molecular complexity index is 561. The number of carbonyl (C=O) groups is 1. The second kappa shape index (κ2) is 6.51. The fraction of sp³-hybridized carbons (Fsp3) is 0.733. The molecular formula is C15H22F3N3O2. The lowest BCUT2D eigenvalue weighted by Gasteiger charge is -2.34. The highest BCUT2D eigenvalue weighted by atomic mass is 19.4. The van der Waals surface area contributed by atoms with Crippen molar-refractivity contribution in [2.75, 3.05) is 13.1 Å². The van der Waals surface area contributed by atoms with E-state index in [1.807, 2.05) is 13.8 Å². The molecule has 0 aromatic carbocycles. The summed E-state index contributed by atoms with van der Waals surface area (Å²) in [6.07, 6.45) is -6.64. The van der Waals surface area contributed by atoms with Gasteiger partial charge in [-0.1, -0.05) is 13.8 Å². The zero-order chi connectivity index (χ0) is 17.4. The van der Waals surface area contributed by atoms with Gasteiger partial charge < -0.3 is 10.0 Å². The van der Waals surface area contributed by atoms with E-state index in [4.69, 9.17) is 0 Å². The number of piperidine rings is 1. The van der Waals surface area contributed by atoms with Crippen molar-refractivity contribution in [1.82, 2.24) is 14.7 Å². The third kappa shape index (κ3) is 3.85. The fourth-order valence-electron chi connectivity index (χ4n) is 2.82. The van der Waals surface area contributed by atoms with Crippen LogP contribution in [0.15, 0.2) is 6.07 Å². The number of aliphatic hydroxyl groups is 1. The van der Waals surface area contributed by atoms with Gasteiger partial charge in [0, 0.05) is 20.1 Å². The second-order valence-corrected chi connectivity index (χ2v) is 6.35. The standard InChI is InChI=1S/C15H22F3N3O2/c1-9(2)11-8-12(20(3)19-11)14(23)21-6-4-10(5-7-21)13(22)15(16,17)18/h8-10,13,22H,4-7H2,1-3H3. The third-order valence-corrected chi connectivity index (χ3v) is 4.32. The Morgan fingerprint density at radius 2 is 1.91 bits per heavy atom. The van der Waals surface area contributed by atoms with Crippen molar-refractivity contribution < 1.29 is 23.1 Å². The zero-order valence-corrected chi connectivity index (χ0v) is 13.5. The van der Waals surface area contributed by atoms with Gasteiger partial charge in [-0.2, -0.15) is 18.3 Å². The Hall–Kier alpha value is -1.57. The molecule has 1 aromatic heterocycles. The van der Waals surface area contributed by atoms with Gasteiger partial charge in [0.1, 0.15) is 5.69 Å². The average molecular weight is 333 g/mol. The van der Waals surface area contributed by atoms with Gasteiger partial charge in [0.25, 0.3) is 5.91 Å². The molecule has 0 saturated carbocycles. The van der Waals surface area contributed by atoms with Crippen molar-refractivity contribution in [3.8, 4) is 0 Å². The van der Waals surface area contributed by atoms with E-state index >= 15 is 0 Å². The molecule has 23 heavy (non-hydrogen) atoms. The molecule has 2 rings (SSSR count). The molecule has 0 radical (unpaired) electrons. The number of nitrogens with zero attached hydrogens (tertiary/aromatic N) is 3. The SMILES string of the molecule is CC(C)c1cc(C(=O)N2CCC(C(O)C(F)(F)F)CC2)n(C)n1. The lowest BCUT2D eigenvalue weighted by atomic mass is 9.90. The van der Waals surface area contributed by atoms with Crippen LogP contribution in [0.3, 0.4) is 0 Å². The van der Waals surface area contributed by atoms with E-state index in [0.717, 1.165) is 5.69 Å². The number of alkyl halides is 3. The first-order chi connectivity index (χ1) is 10.6. The molecule has 0 spiro atoms. The van der Waals surface area contributed by atoms with Crippen molar-refractivity contribution in [1.29, 1.82) is 0 Å². The summed E-state index contributed by atoms with van der Waals surface area (Å²) in [5.41, 5.74) is 1.24. The number of hydrogen-bond acceptors (Lipinski definition) is 3. The number of rotatable bonds is 3. The van der Waals surface area contributed by atoms with Crippen LogP contribution in [0.1, 0.15) is 48.8 Å². The van der Waals surface area contributed by atoms with Gasteiger partial charge in [0.15, 0.2) is 6.10 Å². The molecule has 1 saturated heterocycles. The molecule has 0 bridgehead atoms. The lowest BCUT2D eigenvalue weighted by Crippen LogP contribution is -2.45. The normalized spacial score (nSPS) is 18.5. The molecule has 2 heterocycles. The number of aliphatic hydroxyl groups excluding tert-OH is 1. The number of aromatic nitrogens is 2. The number of aryl methyl sites for hydroxylation is 1. The Morgan fingerprint density at radius 1 is 1.35 bits per heavy atom. The maximum Gasteiger partial charge on any atom is 0.414 e. The number of likely N-dealkylation sites (tertiary alicyclic amines) is 1. The fourth-order valence-corrected chi connectivity index (χ4v) is 2.82. The Balaban J connectivity index is 2.01. The highest BCUT2D eigenvalue weighted by Crippen LogP contribution is 2.32. The second-order valence-electron chi connectivity index (χ2n) is 6.35. The van der Waals surface area contributed by atoms with Crippen LogP contribution in [0.5, 0.6) is 0 Å². The summed E-state index contributed by atoms with van der Waals surface area (Å²) in [6, 6.07) is 1.73. The summed E-state index contributed by atoms with van der Waals surface area (Å²) in [5.74, 6) is -0.890. The highest BCUT2D eigenvalue weighted by molar-refractivity contribution is 5.92. The summed E-state index contributed by atoms with van der Waals surface area (Å²) in [6.45, 7) is 4.36. The van der Waals surface area contributed by atoms with E-state index < -0.39 is 18.2 Å². The highest BCUT2D eigenvalue weighted by Gasteiger charge is 2.44. The number of carbonyl (C=O) groups excluding carboxylic acids is 1. The largest absolute Gasteiger partial charge is 0.414 e. The molecule has 1 fully saturated rings. The van der Waals surface area contributed by atoms with Gasteiger partial charge in [-0.15, -0.1) is 0 Å². The Kier molecular flexibility index (Phi) is 5.03. The van der Waals surface area contributed by atoms with Crippen LogP contribution in [0, 0.1) is 5.92 Å². The maximum atomic E-state index is 12.5. The van der Waals surface area contributed by atoms with Gasteiger partial charge in [-0.3, -0.25) is 9.48 Å². The molecule has 1 aliphatic heterocycles. The van der Waals surface area contributed by atoms with Crippen molar-refractivity contribution in [3.63, 3.8) is 0 Å². The molecule has 1 atom stereocenters. The van der Waals surface area contributed by atoms with Crippen LogP contribution in [0.25, 0.3) is 0 Å². The summed E-state index contributed by atoms with van der Waals surface area (Å²) in [4.78, 5) is 14.0. The molecule has 1 unspecified atom stereocenters. The molecule has 1 N–H and O–H groups in total. The minimum absolute atomic E-state index is 0.140. The van der Waals surface area contributed by atoms with E-state index in [0.29, 0.717) is 5.69 Å². The minimum Gasteiger partial charge on any atom is -0.383 e. The van der Waals surface area contributed by atoms with Crippen LogP contribution in [0.2, 0.25) is 0 Å². The molecule has 8 heteroatoms. The van der Waals surface area contributed by atoms with Gasteiger partial charge in [0.2, 0.25) is 0 Å². The van der Waals surface area contributed by atoms with Crippen LogP contribution in [-0.2, 0) is 7.05 Å². The predicted octanol–water partition coefficient (Wildman–Crippen LogP) is 2.32. The molecule has 130 valence electrons. The van der Waals surface area contributed by atoms with E-state index in [9.17, 15) is 23.1 Å². The molecular weight excluding hydrogens is 311 g/mol. The number of amides is 1. The molecule has 1 amide bonds. The van der Waals surface area contributed by atoms with Crippen LogP contribution >= 0.6 is 0 Å². The summed E-state index contributed by atoms with van der Waals surface area (Å²) in [7, 11) is 1.68. The third-order valence-electron chi connectivity index (χ3n) is 4.32. The first-order valence-electron chi connectivity index (χ1n) is 7.69. The summed E-state index contributed by atoms with van der Waals surface area (Å²) in [5, 5.41) is 13.6. The lowest BCUT2D eigenvalue weighted by molar-refractivity contribution is -0.222.